The van der Waals surface area contributed by atoms with Crippen LogP contribution in [0.5, 0.6) is 17.2 Å². The number of benzene rings is 2. The molecule has 0 saturated heterocycles. The maximum Gasteiger partial charge on any atom is 0.419 e. The third-order valence-corrected chi connectivity index (χ3v) is 5.11. The highest BCUT2D eigenvalue weighted by molar-refractivity contribution is 5.98. The monoisotopic (exact) mass is 384 g/mol. The normalized spacial score (nSPS) is 15.9. The first-order chi connectivity index (χ1) is 13.5. The number of hydrogen-bond acceptors (Lipinski definition) is 6. The fraction of sp³-hybridized carbons (Fsp3) is 0.300. The zero-order chi connectivity index (χ0) is 20.0. The maximum absolute atomic E-state index is 12.4. The van der Waals surface area contributed by atoms with Crippen molar-refractivity contribution in [1.29, 1.82) is 0 Å². The molecular weight excluding hydrogens is 364 g/mol. The molecule has 2 heterocycles. The zero-order valence-electron chi connectivity index (χ0n) is 16.0. The minimum absolute atomic E-state index is 0.123. The van der Waals surface area contributed by atoms with Gasteiger partial charge in [-0.25, -0.2) is 4.79 Å². The number of amides is 1. The highest BCUT2D eigenvalue weighted by Gasteiger charge is 2.32. The van der Waals surface area contributed by atoms with Crippen LogP contribution in [-0.4, -0.2) is 31.8 Å². The third-order valence-electron chi connectivity index (χ3n) is 5.11. The van der Waals surface area contributed by atoms with E-state index in [1.54, 1.807) is 39.5 Å². The summed E-state index contributed by atoms with van der Waals surface area (Å²) in [4.78, 5) is 24.3. The molecule has 1 aliphatic rings. The van der Waals surface area contributed by atoms with Crippen molar-refractivity contribution in [3.05, 3.63) is 45.9 Å². The molecule has 8 heteroatoms. The minimum Gasteiger partial charge on any atom is -0.493 e. The van der Waals surface area contributed by atoms with Gasteiger partial charge in [-0.1, -0.05) is 6.07 Å². The number of nitrogens with one attached hydrogen (secondary N) is 1. The van der Waals surface area contributed by atoms with Crippen LogP contribution >= 0.6 is 0 Å². The fourth-order valence-corrected chi connectivity index (χ4v) is 3.76. The van der Waals surface area contributed by atoms with Crippen LogP contribution in [0.4, 0.5) is 5.69 Å². The molecule has 1 atom stereocenters. The lowest BCUT2D eigenvalue weighted by molar-refractivity contribution is -0.116. The summed E-state index contributed by atoms with van der Waals surface area (Å²) in [7, 11) is 6.26. The number of hydrogen-bond donors (Lipinski definition) is 1. The predicted octanol–water partition coefficient (Wildman–Crippen LogP) is 2.63. The molecule has 1 aliphatic heterocycles. The van der Waals surface area contributed by atoms with Crippen LogP contribution in [0, 0.1) is 0 Å². The molecule has 2 aromatic carbocycles. The van der Waals surface area contributed by atoms with E-state index in [-0.39, 0.29) is 18.2 Å². The maximum atomic E-state index is 12.4. The predicted molar refractivity (Wildman–Crippen MR) is 103 cm³/mol. The van der Waals surface area contributed by atoms with Gasteiger partial charge in [-0.05, 0) is 23.8 Å². The van der Waals surface area contributed by atoms with Gasteiger partial charge >= 0.3 is 5.76 Å². The smallest absolute Gasteiger partial charge is 0.419 e. The number of fused-ring (bicyclic) bond motifs is 2. The van der Waals surface area contributed by atoms with Gasteiger partial charge in [-0.15, -0.1) is 0 Å². The highest BCUT2D eigenvalue weighted by atomic mass is 16.5. The number of aromatic nitrogens is 1. The average molecular weight is 384 g/mol. The van der Waals surface area contributed by atoms with Crippen molar-refractivity contribution < 1.29 is 23.4 Å². The fourth-order valence-electron chi connectivity index (χ4n) is 3.76. The summed E-state index contributed by atoms with van der Waals surface area (Å²) >= 11 is 0. The molecule has 0 aliphatic carbocycles. The van der Waals surface area contributed by atoms with Crippen LogP contribution in [0.2, 0.25) is 0 Å². The number of aryl methyl sites for hydroxylation is 1. The zero-order valence-corrected chi connectivity index (χ0v) is 16.0. The van der Waals surface area contributed by atoms with Crippen molar-refractivity contribution in [2.45, 2.75) is 12.3 Å². The Labute approximate surface area is 160 Å². The van der Waals surface area contributed by atoms with Crippen molar-refractivity contribution in [1.82, 2.24) is 4.57 Å². The van der Waals surface area contributed by atoms with Gasteiger partial charge in [-0.2, -0.15) is 0 Å². The number of carbonyl (C=O) groups is 1. The van der Waals surface area contributed by atoms with Crippen LogP contribution in [-0.2, 0) is 11.8 Å². The van der Waals surface area contributed by atoms with Gasteiger partial charge in [0.1, 0.15) is 0 Å². The number of rotatable bonds is 4. The first kappa shape index (κ1) is 18.0. The van der Waals surface area contributed by atoms with Crippen molar-refractivity contribution in [2.24, 2.45) is 7.05 Å². The molecule has 1 amide bonds. The van der Waals surface area contributed by atoms with Gasteiger partial charge < -0.3 is 23.9 Å². The summed E-state index contributed by atoms with van der Waals surface area (Å²) in [5.74, 6) is 0.622. The Bertz CT molecular complexity index is 1140. The Balaban J connectivity index is 1.95. The van der Waals surface area contributed by atoms with Gasteiger partial charge in [0.15, 0.2) is 17.1 Å². The van der Waals surface area contributed by atoms with Crippen molar-refractivity contribution >= 4 is 22.7 Å². The van der Waals surface area contributed by atoms with E-state index in [0.717, 1.165) is 11.1 Å². The van der Waals surface area contributed by atoms with Gasteiger partial charge in [0.05, 0.1) is 26.8 Å². The van der Waals surface area contributed by atoms with Crippen molar-refractivity contribution in [2.75, 3.05) is 26.6 Å². The molecule has 0 bridgehead atoms. The van der Waals surface area contributed by atoms with Crippen LogP contribution in [0.3, 0.4) is 0 Å². The van der Waals surface area contributed by atoms with E-state index in [4.69, 9.17) is 18.6 Å². The largest absolute Gasteiger partial charge is 0.493 e. The van der Waals surface area contributed by atoms with E-state index < -0.39 is 5.76 Å². The topological polar surface area (TPSA) is 91.9 Å². The second-order valence-corrected chi connectivity index (χ2v) is 6.56. The van der Waals surface area contributed by atoms with Gasteiger partial charge in [0, 0.05) is 30.6 Å². The number of nitrogens with zero attached hydrogens (tertiary/aromatic N) is 1. The Morgan fingerprint density at radius 1 is 1.04 bits per heavy atom. The summed E-state index contributed by atoms with van der Waals surface area (Å²) in [6, 6.07) is 7.20. The quantitative estimate of drug-likeness (QED) is 0.744. The Hall–Kier alpha value is -3.42. The van der Waals surface area contributed by atoms with Crippen LogP contribution in [0.1, 0.15) is 23.5 Å². The average Bonchev–Trinajstić information content (AvgIpc) is 2.97. The second-order valence-electron chi connectivity index (χ2n) is 6.56. The molecule has 3 aromatic rings. The van der Waals surface area contributed by atoms with E-state index in [0.29, 0.717) is 34.0 Å². The Kier molecular flexibility index (Phi) is 4.26. The van der Waals surface area contributed by atoms with E-state index in [1.165, 1.54) is 11.7 Å². The summed E-state index contributed by atoms with van der Waals surface area (Å²) < 4.78 is 23.2. The SMILES string of the molecule is COc1ccc([C@H]2CC(=O)Nc3cc4c(cc32)oc(=O)n4C)c(OC)c1OC. The number of carbonyl (C=O) groups excluding carboxylic acids is 1. The van der Waals surface area contributed by atoms with Crippen LogP contribution < -0.4 is 25.3 Å². The van der Waals surface area contributed by atoms with Gasteiger partial charge in [-0.3, -0.25) is 9.36 Å². The molecule has 1 aromatic heterocycles. The van der Waals surface area contributed by atoms with Crippen LogP contribution in [0.25, 0.3) is 11.1 Å². The molecule has 8 nitrogen and oxygen atoms in total. The van der Waals surface area contributed by atoms with E-state index >= 15 is 0 Å². The third kappa shape index (κ3) is 2.60. The lowest BCUT2D eigenvalue weighted by atomic mass is 9.84. The van der Waals surface area contributed by atoms with Crippen LogP contribution in [0.15, 0.2) is 33.5 Å². The molecule has 0 fully saturated rings. The molecule has 146 valence electrons. The Morgan fingerprint density at radius 2 is 1.79 bits per heavy atom. The van der Waals surface area contributed by atoms with Crippen molar-refractivity contribution in [3.8, 4) is 17.2 Å². The lowest BCUT2D eigenvalue weighted by Gasteiger charge is -2.28. The molecule has 0 radical (unpaired) electrons. The molecule has 0 unspecified atom stereocenters. The first-order valence-corrected chi connectivity index (χ1v) is 8.70. The van der Waals surface area contributed by atoms with E-state index in [9.17, 15) is 9.59 Å². The number of anilines is 1. The summed E-state index contributed by atoms with van der Waals surface area (Å²) in [5.41, 5.74) is 3.35. The summed E-state index contributed by atoms with van der Waals surface area (Å²) in [5, 5.41) is 2.88. The second kappa shape index (κ2) is 6.63. The number of methoxy groups -OCH3 is 3. The summed E-state index contributed by atoms with van der Waals surface area (Å²) in [6.07, 6.45) is 0.224. The number of ether oxygens (including phenoxy) is 3. The molecule has 1 N–H and O–H groups in total. The molecule has 0 saturated carbocycles. The summed E-state index contributed by atoms with van der Waals surface area (Å²) in [6.45, 7) is 0. The molecular formula is C20H20N2O6. The van der Waals surface area contributed by atoms with E-state index in [1.807, 2.05) is 6.07 Å². The number of oxazole rings is 1. The first-order valence-electron chi connectivity index (χ1n) is 8.70. The minimum atomic E-state index is -0.455. The standard InChI is InChI=1S/C20H20N2O6/c1-22-14-9-13-12(7-16(14)28-20(22)24)11(8-17(23)21-13)10-5-6-15(25-2)19(27-4)18(10)26-3/h5-7,9,11H,8H2,1-4H3,(H,21,23)/t11-/m1/s1. The van der Waals surface area contributed by atoms with Gasteiger partial charge in [0.2, 0.25) is 11.7 Å². The van der Waals surface area contributed by atoms with E-state index in [2.05, 4.69) is 5.32 Å². The van der Waals surface area contributed by atoms with Crippen molar-refractivity contribution in [3.63, 3.8) is 0 Å². The molecule has 0 spiro atoms. The molecule has 4 rings (SSSR count). The Morgan fingerprint density at radius 3 is 2.46 bits per heavy atom. The highest BCUT2D eigenvalue weighted by Crippen LogP contribution is 2.48. The lowest BCUT2D eigenvalue weighted by Crippen LogP contribution is -2.24. The molecule has 28 heavy (non-hydrogen) atoms. The van der Waals surface area contributed by atoms with Gasteiger partial charge in [0.25, 0.3) is 0 Å².